The summed E-state index contributed by atoms with van der Waals surface area (Å²) in [6, 6.07) is 15.4. The van der Waals surface area contributed by atoms with Crippen molar-refractivity contribution in [3.8, 4) is 23.0 Å². The Labute approximate surface area is 159 Å². The third-order valence-electron chi connectivity index (χ3n) is 4.04. The maximum absolute atomic E-state index is 12.9. The summed E-state index contributed by atoms with van der Waals surface area (Å²) in [4.78, 5) is 20.7. The van der Waals surface area contributed by atoms with E-state index in [0.29, 0.717) is 24.0 Å². The summed E-state index contributed by atoms with van der Waals surface area (Å²) in [5.74, 6) is 0.260. The molecule has 1 N–H and O–H groups in total. The van der Waals surface area contributed by atoms with Gasteiger partial charge in [0.15, 0.2) is 0 Å². The van der Waals surface area contributed by atoms with Crippen molar-refractivity contribution in [2.45, 2.75) is 13.1 Å². The molecule has 7 nitrogen and oxygen atoms in total. The number of nitrogens with zero attached hydrogens (tertiary/aromatic N) is 4. The van der Waals surface area contributed by atoms with E-state index in [9.17, 15) is 9.18 Å². The van der Waals surface area contributed by atoms with Crippen LogP contribution in [0, 0.1) is 5.82 Å². The summed E-state index contributed by atoms with van der Waals surface area (Å²) in [6.07, 6.45) is 3.21. The summed E-state index contributed by atoms with van der Waals surface area (Å²) in [7, 11) is 0. The molecule has 0 bridgehead atoms. The molecule has 0 unspecified atom stereocenters. The van der Waals surface area contributed by atoms with Crippen LogP contribution in [0.2, 0.25) is 0 Å². The van der Waals surface area contributed by atoms with E-state index < -0.39 is 0 Å². The minimum absolute atomic E-state index is 0.0948. The molecule has 28 heavy (non-hydrogen) atoms. The summed E-state index contributed by atoms with van der Waals surface area (Å²) < 4.78 is 19.8. The van der Waals surface area contributed by atoms with E-state index in [2.05, 4.69) is 20.4 Å². The number of hydrogen-bond acceptors (Lipinski definition) is 5. The molecule has 0 atom stereocenters. The molecular formula is C20H16FN5O2. The quantitative estimate of drug-likeness (QED) is 0.558. The van der Waals surface area contributed by atoms with Gasteiger partial charge in [0.1, 0.15) is 18.1 Å². The Morgan fingerprint density at radius 3 is 2.68 bits per heavy atom. The third kappa shape index (κ3) is 4.12. The number of amides is 1. The van der Waals surface area contributed by atoms with Crippen molar-refractivity contribution in [2.24, 2.45) is 0 Å². The number of nitrogens with one attached hydrogen (secondary N) is 1. The Hall–Kier alpha value is -3.81. The molecule has 0 aliphatic rings. The van der Waals surface area contributed by atoms with Gasteiger partial charge in [-0.1, -0.05) is 35.5 Å². The van der Waals surface area contributed by atoms with Crippen LogP contribution in [0.3, 0.4) is 0 Å². The monoisotopic (exact) mass is 377 g/mol. The lowest BCUT2D eigenvalue weighted by atomic mass is 10.2. The van der Waals surface area contributed by atoms with E-state index in [1.54, 1.807) is 22.9 Å². The van der Waals surface area contributed by atoms with Gasteiger partial charge in [-0.15, -0.1) is 0 Å². The van der Waals surface area contributed by atoms with Crippen LogP contribution in [0.5, 0.6) is 0 Å². The molecule has 0 aliphatic carbocycles. The maximum atomic E-state index is 12.9. The lowest BCUT2D eigenvalue weighted by Crippen LogP contribution is -2.26. The highest BCUT2D eigenvalue weighted by molar-refractivity contribution is 5.75. The molecule has 0 radical (unpaired) electrons. The molecule has 1 amide bonds. The van der Waals surface area contributed by atoms with Crippen molar-refractivity contribution < 1.29 is 13.7 Å². The second kappa shape index (κ2) is 7.83. The Morgan fingerprint density at radius 2 is 1.89 bits per heavy atom. The minimum atomic E-state index is -0.307. The van der Waals surface area contributed by atoms with E-state index in [-0.39, 0.29) is 18.3 Å². The van der Waals surface area contributed by atoms with Gasteiger partial charge in [0.2, 0.25) is 11.7 Å². The first-order chi connectivity index (χ1) is 13.7. The predicted octanol–water partition coefficient (Wildman–Crippen LogP) is 3.06. The van der Waals surface area contributed by atoms with Crippen molar-refractivity contribution in [3.05, 3.63) is 78.5 Å². The van der Waals surface area contributed by atoms with Crippen LogP contribution < -0.4 is 5.32 Å². The Balaban J connectivity index is 1.37. The van der Waals surface area contributed by atoms with Crippen LogP contribution in [0.1, 0.15) is 5.56 Å². The highest BCUT2D eigenvalue weighted by Crippen LogP contribution is 2.20. The van der Waals surface area contributed by atoms with E-state index >= 15 is 0 Å². The fourth-order valence-electron chi connectivity index (χ4n) is 2.61. The molecule has 0 aliphatic heterocycles. The molecule has 0 fully saturated rings. The number of rotatable bonds is 6. The van der Waals surface area contributed by atoms with Gasteiger partial charge in [0.05, 0.1) is 6.33 Å². The lowest BCUT2D eigenvalue weighted by molar-refractivity contribution is -0.121. The van der Waals surface area contributed by atoms with Gasteiger partial charge < -0.3 is 14.4 Å². The standard InChI is InChI=1S/C20H16FN5O2/c21-16-8-6-14(7-9-16)10-22-18(27)12-26-11-17(23-13-26)19-24-20(28-25-19)15-4-2-1-3-5-15/h1-9,11,13H,10,12H2,(H,22,27). The van der Waals surface area contributed by atoms with Crippen molar-refractivity contribution in [2.75, 3.05) is 0 Å². The molecule has 2 heterocycles. The van der Waals surface area contributed by atoms with Crippen molar-refractivity contribution in [1.82, 2.24) is 25.0 Å². The average Bonchev–Trinajstić information content (AvgIpc) is 3.38. The summed E-state index contributed by atoms with van der Waals surface area (Å²) in [6.45, 7) is 0.420. The van der Waals surface area contributed by atoms with Gasteiger partial charge in [-0.25, -0.2) is 9.37 Å². The van der Waals surface area contributed by atoms with Crippen LogP contribution in [0.25, 0.3) is 23.0 Å². The molecule has 0 saturated heterocycles. The highest BCUT2D eigenvalue weighted by atomic mass is 19.1. The normalized spacial score (nSPS) is 10.8. The number of benzene rings is 2. The highest BCUT2D eigenvalue weighted by Gasteiger charge is 2.13. The number of carbonyl (C=O) groups is 1. The van der Waals surface area contributed by atoms with Crippen LogP contribution in [0.15, 0.2) is 71.6 Å². The average molecular weight is 377 g/mol. The van der Waals surface area contributed by atoms with Gasteiger partial charge >= 0.3 is 0 Å². The molecule has 140 valence electrons. The van der Waals surface area contributed by atoms with E-state index in [1.165, 1.54) is 18.5 Å². The fraction of sp³-hybridized carbons (Fsp3) is 0.100. The number of imidazole rings is 1. The summed E-state index contributed by atoms with van der Waals surface area (Å²) in [5, 5.41) is 6.73. The first-order valence-corrected chi connectivity index (χ1v) is 8.60. The van der Waals surface area contributed by atoms with Crippen LogP contribution >= 0.6 is 0 Å². The first kappa shape index (κ1) is 17.6. The predicted molar refractivity (Wildman–Crippen MR) is 99.2 cm³/mol. The van der Waals surface area contributed by atoms with Crippen LogP contribution in [-0.4, -0.2) is 25.6 Å². The maximum Gasteiger partial charge on any atom is 0.258 e. The number of carbonyl (C=O) groups excluding carboxylic acids is 1. The van der Waals surface area contributed by atoms with E-state index in [0.717, 1.165) is 11.1 Å². The van der Waals surface area contributed by atoms with Gasteiger partial charge in [0.25, 0.3) is 5.89 Å². The first-order valence-electron chi connectivity index (χ1n) is 8.60. The zero-order valence-electron chi connectivity index (χ0n) is 14.7. The third-order valence-corrected chi connectivity index (χ3v) is 4.04. The van der Waals surface area contributed by atoms with Gasteiger partial charge in [-0.3, -0.25) is 4.79 Å². The smallest absolute Gasteiger partial charge is 0.258 e. The number of halogens is 1. The number of hydrogen-bond donors (Lipinski definition) is 1. The topological polar surface area (TPSA) is 85.8 Å². The SMILES string of the molecule is O=C(Cn1cnc(-c2noc(-c3ccccc3)n2)c1)NCc1ccc(F)cc1. The molecule has 4 aromatic rings. The summed E-state index contributed by atoms with van der Waals surface area (Å²) in [5.41, 5.74) is 2.15. The van der Waals surface area contributed by atoms with Gasteiger partial charge in [-0.05, 0) is 29.8 Å². The molecule has 0 saturated carbocycles. The van der Waals surface area contributed by atoms with Crippen molar-refractivity contribution in [1.29, 1.82) is 0 Å². The van der Waals surface area contributed by atoms with E-state index in [4.69, 9.17) is 4.52 Å². The Bertz CT molecular complexity index is 1070. The molecule has 2 aromatic heterocycles. The lowest BCUT2D eigenvalue weighted by Gasteiger charge is -2.05. The van der Waals surface area contributed by atoms with Crippen molar-refractivity contribution in [3.63, 3.8) is 0 Å². The molecule has 0 spiro atoms. The molecular weight excluding hydrogens is 361 g/mol. The Morgan fingerprint density at radius 1 is 1.11 bits per heavy atom. The minimum Gasteiger partial charge on any atom is -0.350 e. The van der Waals surface area contributed by atoms with Crippen LogP contribution in [-0.2, 0) is 17.9 Å². The fourth-order valence-corrected chi connectivity index (χ4v) is 2.61. The Kier molecular flexibility index (Phi) is 4.92. The van der Waals surface area contributed by atoms with Gasteiger partial charge in [-0.2, -0.15) is 4.98 Å². The molecule has 2 aromatic carbocycles. The second-order valence-electron chi connectivity index (χ2n) is 6.12. The molecule has 8 heteroatoms. The molecule has 4 rings (SSSR count). The zero-order valence-corrected chi connectivity index (χ0v) is 14.7. The van der Waals surface area contributed by atoms with Crippen LogP contribution in [0.4, 0.5) is 4.39 Å². The zero-order chi connectivity index (χ0) is 19.3. The van der Waals surface area contributed by atoms with E-state index in [1.807, 2.05) is 30.3 Å². The number of aromatic nitrogens is 4. The second-order valence-corrected chi connectivity index (χ2v) is 6.12. The van der Waals surface area contributed by atoms with Gasteiger partial charge in [0, 0.05) is 18.3 Å². The summed E-state index contributed by atoms with van der Waals surface area (Å²) >= 11 is 0. The van der Waals surface area contributed by atoms with Crippen molar-refractivity contribution >= 4 is 5.91 Å². The largest absolute Gasteiger partial charge is 0.350 e.